The second-order valence-corrected chi connectivity index (χ2v) is 8.90. The predicted molar refractivity (Wildman–Crippen MR) is 107 cm³/mol. The van der Waals surface area contributed by atoms with Crippen LogP contribution < -0.4 is 5.56 Å². The number of halogens is 1. The van der Waals surface area contributed by atoms with Crippen LogP contribution in [0.5, 0.6) is 0 Å². The van der Waals surface area contributed by atoms with Gasteiger partial charge in [0, 0.05) is 24.7 Å². The lowest BCUT2D eigenvalue weighted by molar-refractivity contribution is -0.129. The van der Waals surface area contributed by atoms with Crippen LogP contribution in [0.25, 0.3) is 10.9 Å². The standard InChI is InChI=1S/C19H24ClN3O2S/c1-12(2)11-23-18(25)15-10-14(20)6-7-16(15)21-19(23)26-13(3)17(24)22-8-4-5-9-22/h6-7,10,12-13H,4-5,8-9,11H2,1-3H3. The molecule has 0 spiro atoms. The first-order valence-corrected chi connectivity index (χ1v) is 10.3. The van der Waals surface area contributed by atoms with Crippen molar-refractivity contribution in [1.29, 1.82) is 0 Å². The molecule has 1 aromatic heterocycles. The number of rotatable bonds is 5. The topological polar surface area (TPSA) is 55.2 Å². The molecule has 1 saturated heterocycles. The van der Waals surface area contributed by atoms with Crippen LogP contribution in [0.4, 0.5) is 0 Å². The van der Waals surface area contributed by atoms with Crippen molar-refractivity contribution in [3.63, 3.8) is 0 Å². The highest BCUT2D eigenvalue weighted by molar-refractivity contribution is 8.00. The minimum atomic E-state index is -0.275. The quantitative estimate of drug-likeness (QED) is 0.572. The molecule has 1 fully saturated rings. The molecule has 26 heavy (non-hydrogen) atoms. The fourth-order valence-corrected chi connectivity index (χ4v) is 4.37. The third-order valence-electron chi connectivity index (χ3n) is 4.48. The second-order valence-electron chi connectivity index (χ2n) is 7.16. The number of hydrogen-bond acceptors (Lipinski definition) is 4. The molecule has 2 heterocycles. The zero-order valence-electron chi connectivity index (χ0n) is 15.4. The number of amides is 1. The van der Waals surface area contributed by atoms with Crippen LogP contribution >= 0.6 is 23.4 Å². The van der Waals surface area contributed by atoms with Crippen molar-refractivity contribution < 1.29 is 4.79 Å². The Labute approximate surface area is 162 Å². The van der Waals surface area contributed by atoms with Gasteiger partial charge in [0.05, 0.1) is 16.2 Å². The van der Waals surface area contributed by atoms with Crippen LogP contribution in [0, 0.1) is 5.92 Å². The Morgan fingerprint density at radius 1 is 1.27 bits per heavy atom. The van der Waals surface area contributed by atoms with Crippen molar-refractivity contribution >= 4 is 40.2 Å². The van der Waals surface area contributed by atoms with E-state index in [1.165, 1.54) is 11.8 Å². The van der Waals surface area contributed by atoms with Crippen molar-refractivity contribution in [2.45, 2.75) is 50.6 Å². The third kappa shape index (κ3) is 4.07. The van der Waals surface area contributed by atoms with Crippen molar-refractivity contribution in [3.8, 4) is 0 Å². The van der Waals surface area contributed by atoms with Crippen LogP contribution in [-0.2, 0) is 11.3 Å². The lowest BCUT2D eigenvalue weighted by atomic mass is 10.2. The zero-order valence-corrected chi connectivity index (χ0v) is 16.9. The Kier molecular flexibility index (Phi) is 5.92. The van der Waals surface area contributed by atoms with Gasteiger partial charge in [-0.15, -0.1) is 0 Å². The summed E-state index contributed by atoms with van der Waals surface area (Å²) in [5.41, 5.74) is 0.511. The first-order valence-electron chi connectivity index (χ1n) is 9.02. The average molecular weight is 394 g/mol. The van der Waals surface area contributed by atoms with Gasteiger partial charge in [-0.1, -0.05) is 37.2 Å². The highest BCUT2D eigenvalue weighted by Gasteiger charge is 2.26. The summed E-state index contributed by atoms with van der Waals surface area (Å²) in [6.07, 6.45) is 2.13. The van der Waals surface area contributed by atoms with Gasteiger partial charge in [0.2, 0.25) is 5.91 Å². The molecular formula is C19H24ClN3O2S. The molecule has 1 aromatic carbocycles. The largest absolute Gasteiger partial charge is 0.342 e. The molecule has 1 aliphatic rings. The average Bonchev–Trinajstić information content (AvgIpc) is 3.12. The smallest absolute Gasteiger partial charge is 0.262 e. The molecule has 2 aromatic rings. The molecule has 0 bridgehead atoms. The van der Waals surface area contributed by atoms with Gasteiger partial charge in [-0.2, -0.15) is 0 Å². The number of likely N-dealkylation sites (tertiary alicyclic amines) is 1. The maximum atomic E-state index is 13.0. The number of benzene rings is 1. The number of thioether (sulfide) groups is 1. The summed E-state index contributed by atoms with van der Waals surface area (Å²) in [7, 11) is 0. The number of carbonyl (C=O) groups excluding carboxylic acids is 1. The molecule has 1 aliphatic heterocycles. The van der Waals surface area contributed by atoms with Crippen LogP contribution in [0.3, 0.4) is 0 Å². The maximum Gasteiger partial charge on any atom is 0.262 e. The molecule has 140 valence electrons. The molecule has 7 heteroatoms. The molecular weight excluding hydrogens is 370 g/mol. The fraction of sp³-hybridized carbons (Fsp3) is 0.526. The Bertz CT molecular complexity index is 875. The maximum absolute atomic E-state index is 13.0. The number of fused-ring (bicyclic) bond motifs is 1. The number of hydrogen-bond donors (Lipinski definition) is 0. The van der Waals surface area contributed by atoms with E-state index in [9.17, 15) is 9.59 Å². The summed E-state index contributed by atoms with van der Waals surface area (Å²) in [5, 5.41) is 1.35. The van der Waals surface area contributed by atoms with Gasteiger partial charge in [0.25, 0.3) is 5.56 Å². The van der Waals surface area contributed by atoms with E-state index in [1.807, 2.05) is 11.8 Å². The molecule has 0 radical (unpaired) electrons. The Balaban J connectivity index is 1.98. The van der Waals surface area contributed by atoms with Gasteiger partial charge in [0.15, 0.2) is 5.16 Å². The molecule has 0 saturated carbocycles. The summed E-state index contributed by atoms with van der Waals surface area (Å²) in [4.78, 5) is 32.2. The van der Waals surface area contributed by atoms with E-state index in [2.05, 4.69) is 18.8 Å². The van der Waals surface area contributed by atoms with E-state index in [0.717, 1.165) is 25.9 Å². The Morgan fingerprint density at radius 3 is 2.62 bits per heavy atom. The zero-order chi connectivity index (χ0) is 18.8. The third-order valence-corrected chi connectivity index (χ3v) is 5.79. The first-order chi connectivity index (χ1) is 12.4. The lowest BCUT2D eigenvalue weighted by Gasteiger charge is -2.21. The molecule has 3 rings (SSSR count). The Hall–Kier alpha value is -1.53. The minimum absolute atomic E-state index is 0.102. The summed E-state index contributed by atoms with van der Waals surface area (Å²) < 4.78 is 1.68. The molecule has 1 amide bonds. The summed E-state index contributed by atoms with van der Waals surface area (Å²) in [5.74, 6) is 0.407. The van der Waals surface area contributed by atoms with Gasteiger partial charge >= 0.3 is 0 Å². The van der Waals surface area contributed by atoms with E-state index in [4.69, 9.17) is 11.6 Å². The first kappa shape index (κ1) is 19.2. The van der Waals surface area contributed by atoms with Gasteiger partial charge in [-0.25, -0.2) is 4.98 Å². The molecule has 0 N–H and O–H groups in total. The number of nitrogens with zero attached hydrogens (tertiary/aromatic N) is 3. The van der Waals surface area contributed by atoms with E-state index in [-0.39, 0.29) is 22.6 Å². The fourth-order valence-electron chi connectivity index (χ4n) is 3.19. The van der Waals surface area contributed by atoms with E-state index in [0.29, 0.717) is 27.6 Å². The van der Waals surface area contributed by atoms with E-state index >= 15 is 0 Å². The summed E-state index contributed by atoms with van der Waals surface area (Å²) in [6, 6.07) is 5.16. The minimum Gasteiger partial charge on any atom is -0.342 e. The van der Waals surface area contributed by atoms with Crippen molar-refractivity contribution in [1.82, 2.24) is 14.5 Å². The van der Waals surface area contributed by atoms with Gasteiger partial charge in [-0.3, -0.25) is 14.2 Å². The number of carbonyl (C=O) groups is 1. The van der Waals surface area contributed by atoms with E-state index in [1.54, 1.807) is 22.8 Å². The van der Waals surface area contributed by atoms with Crippen molar-refractivity contribution in [2.75, 3.05) is 13.1 Å². The van der Waals surface area contributed by atoms with E-state index < -0.39 is 0 Å². The highest BCUT2D eigenvalue weighted by atomic mass is 35.5. The highest BCUT2D eigenvalue weighted by Crippen LogP contribution is 2.26. The van der Waals surface area contributed by atoms with Crippen LogP contribution in [0.15, 0.2) is 28.2 Å². The van der Waals surface area contributed by atoms with Crippen molar-refractivity contribution in [2.24, 2.45) is 5.92 Å². The summed E-state index contributed by atoms with van der Waals surface area (Å²) >= 11 is 7.42. The van der Waals surface area contributed by atoms with Crippen LogP contribution in [0.2, 0.25) is 5.02 Å². The van der Waals surface area contributed by atoms with Gasteiger partial charge < -0.3 is 4.90 Å². The summed E-state index contributed by atoms with van der Waals surface area (Å²) in [6.45, 7) is 8.21. The number of aromatic nitrogens is 2. The normalized spacial score (nSPS) is 15.8. The van der Waals surface area contributed by atoms with Gasteiger partial charge in [-0.05, 0) is 43.9 Å². The second kappa shape index (κ2) is 8.01. The lowest BCUT2D eigenvalue weighted by Crippen LogP contribution is -2.35. The molecule has 5 nitrogen and oxygen atoms in total. The monoisotopic (exact) mass is 393 g/mol. The Morgan fingerprint density at radius 2 is 1.96 bits per heavy atom. The molecule has 0 aliphatic carbocycles. The molecule has 1 atom stereocenters. The predicted octanol–water partition coefficient (Wildman–Crippen LogP) is 3.81. The van der Waals surface area contributed by atoms with Crippen LogP contribution in [-0.4, -0.2) is 38.7 Å². The van der Waals surface area contributed by atoms with Crippen LogP contribution in [0.1, 0.15) is 33.6 Å². The SMILES string of the molecule is CC(C)Cn1c(SC(C)C(=O)N2CCCC2)nc2ccc(Cl)cc2c1=O. The van der Waals surface area contributed by atoms with Crippen molar-refractivity contribution in [3.05, 3.63) is 33.6 Å². The molecule has 1 unspecified atom stereocenters. The van der Waals surface area contributed by atoms with Gasteiger partial charge in [0.1, 0.15) is 0 Å².